The molecule has 2 rings (SSSR count). The molecule has 2 aromatic heterocycles. The van der Waals surface area contributed by atoms with Gasteiger partial charge in [-0.05, 0) is 12.1 Å². The Kier molecular flexibility index (Phi) is 3.85. The van der Waals surface area contributed by atoms with Gasteiger partial charge in [0.1, 0.15) is 17.6 Å². The molecular formula is C12H11N5O3. The molecule has 0 aliphatic carbocycles. The number of nitrogens with one attached hydrogen (secondary N) is 2. The average molecular weight is 273 g/mol. The Bertz CT molecular complexity index is 645. The number of anilines is 2. The van der Waals surface area contributed by atoms with E-state index in [1.54, 1.807) is 19.2 Å². The highest BCUT2D eigenvalue weighted by atomic mass is 16.6. The second kappa shape index (κ2) is 5.74. The summed E-state index contributed by atoms with van der Waals surface area (Å²) in [4.78, 5) is 30.0. The first-order valence-electron chi connectivity index (χ1n) is 5.65. The molecule has 0 fully saturated rings. The van der Waals surface area contributed by atoms with Gasteiger partial charge < -0.3 is 10.6 Å². The molecule has 1 amide bonds. The van der Waals surface area contributed by atoms with Crippen molar-refractivity contribution in [3.63, 3.8) is 0 Å². The van der Waals surface area contributed by atoms with Crippen molar-refractivity contribution in [3.05, 3.63) is 52.5 Å². The Morgan fingerprint density at radius 3 is 2.65 bits per heavy atom. The molecule has 8 nitrogen and oxygen atoms in total. The number of aromatic nitrogens is 2. The van der Waals surface area contributed by atoms with Crippen LogP contribution in [-0.4, -0.2) is 27.8 Å². The summed E-state index contributed by atoms with van der Waals surface area (Å²) in [7, 11) is 1.61. The molecule has 8 heteroatoms. The van der Waals surface area contributed by atoms with Crippen LogP contribution >= 0.6 is 0 Å². The molecule has 2 heterocycles. The van der Waals surface area contributed by atoms with E-state index in [1.807, 2.05) is 0 Å². The molecule has 2 N–H and O–H groups in total. The van der Waals surface area contributed by atoms with Crippen LogP contribution < -0.4 is 10.6 Å². The van der Waals surface area contributed by atoms with E-state index in [-0.39, 0.29) is 11.3 Å². The lowest BCUT2D eigenvalue weighted by Crippen LogP contribution is -2.14. The van der Waals surface area contributed by atoms with Gasteiger partial charge in [0.15, 0.2) is 0 Å². The highest BCUT2D eigenvalue weighted by Crippen LogP contribution is 2.21. The van der Waals surface area contributed by atoms with Crippen LogP contribution in [0.2, 0.25) is 0 Å². The summed E-state index contributed by atoms with van der Waals surface area (Å²) in [6.07, 6.45) is 4.07. The van der Waals surface area contributed by atoms with Crippen molar-refractivity contribution in [2.24, 2.45) is 0 Å². The number of hydrogen-bond acceptors (Lipinski definition) is 6. The van der Waals surface area contributed by atoms with Gasteiger partial charge in [-0.1, -0.05) is 0 Å². The summed E-state index contributed by atoms with van der Waals surface area (Å²) in [5, 5.41) is 16.2. The van der Waals surface area contributed by atoms with Gasteiger partial charge in [0.05, 0.1) is 4.92 Å². The van der Waals surface area contributed by atoms with Crippen molar-refractivity contribution >= 4 is 23.1 Å². The summed E-state index contributed by atoms with van der Waals surface area (Å²) in [6, 6.07) is 4.50. The Morgan fingerprint density at radius 1 is 1.35 bits per heavy atom. The number of carbonyl (C=O) groups excluding carboxylic acids is 1. The minimum atomic E-state index is -0.645. The zero-order valence-corrected chi connectivity index (χ0v) is 10.5. The molecule has 20 heavy (non-hydrogen) atoms. The van der Waals surface area contributed by atoms with Crippen molar-refractivity contribution in [1.82, 2.24) is 9.97 Å². The normalized spacial score (nSPS) is 9.85. The van der Waals surface area contributed by atoms with Gasteiger partial charge in [-0.2, -0.15) is 0 Å². The van der Waals surface area contributed by atoms with Crippen molar-refractivity contribution < 1.29 is 9.72 Å². The molecule has 102 valence electrons. The number of pyridine rings is 2. The van der Waals surface area contributed by atoms with Crippen LogP contribution in [0.15, 0.2) is 36.8 Å². The number of amides is 1. The lowest BCUT2D eigenvalue weighted by molar-refractivity contribution is -0.385. The quantitative estimate of drug-likeness (QED) is 0.647. The first kappa shape index (κ1) is 13.4. The van der Waals surface area contributed by atoms with E-state index in [1.165, 1.54) is 18.5 Å². The lowest BCUT2D eigenvalue weighted by Gasteiger charge is -2.06. The maximum atomic E-state index is 12.1. The third-order valence-corrected chi connectivity index (χ3v) is 2.52. The third kappa shape index (κ3) is 2.86. The van der Waals surface area contributed by atoms with Crippen molar-refractivity contribution in [2.75, 3.05) is 17.7 Å². The number of carbonyl (C=O) groups is 1. The second-order valence-corrected chi connectivity index (χ2v) is 3.78. The summed E-state index contributed by atoms with van der Waals surface area (Å²) < 4.78 is 0. The Hall–Kier alpha value is -3.03. The number of nitrogens with zero attached hydrogens (tertiary/aromatic N) is 3. The lowest BCUT2D eigenvalue weighted by atomic mass is 10.2. The summed E-state index contributed by atoms with van der Waals surface area (Å²) in [5.74, 6) is -0.211. The standard InChI is InChI=1S/C12H11N5O3/c1-13-11-6-9(10(7-15-11)17(19)20)12(18)16-8-2-4-14-5-3-8/h2-7H,1H3,(H,13,15)(H,14,16,18). The van der Waals surface area contributed by atoms with Crippen LogP contribution in [0.4, 0.5) is 17.2 Å². The van der Waals surface area contributed by atoms with Crippen LogP contribution in [0.25, 0.3) is 0 Å². The molecule has 0 saturated heterocycles. The third-order valence-electron chi connectivity index (χ3n) is 2.52. The highest BCUT2D eigenvalue weighted by molar-refractivity contribution is 6.07. The summed E-state index contributed by atoms with van der Waals surface area (Å²) in [5.41, 5.74) is 0.0869. The van der Waals surface area contributed by atoms with Crippen LogP contribution in [0, 0.1) is 10.1 Å². The van der Waals surface area contributed by atoms with E-state index in [0.717, 1.165) is 6.20 Å². The van der Waals surface area contributed by atoms with E-state index in [0.29, 0.717) is 11.5 Å². The summed E-state index contributed by atoms with van der Waals surface area (Å²) in [6.45, 7) is 0. The monoisotopic (exact) mass is 273 g/mol. The molecule has 0 aliphatic rings. The predicted molar refractivity (Wildman–Crippen MR) is 72.6 cm³/mol. The Labute approximate surface area is 114 Å². The van der Waals surface area contributed by atoms with Crippen LogP contribution in [0.3, 0.4) is 0 Å². The van der Waals surface area contributed by atoms with Gasteiger partial charge in [-0.15, -0.1) is 0 Å². The van der Waals surface area contributed by atoms with E-state index in [9.17, 15) is 14.9 Å². The fourth-order valence-electron chi connectivity index (χ4n) is 1.55. The molecule has 2 aromatic rings. The van der Waals surface area contributed by atoms with Crippen molar-refractivity contribution in [3.8, 4) is 0 Å². The molecule has 0 saturated carbocycles. The first-order chi connectivity index (χ1) is 9.61. The smallest absolute Gasteiger partial charge is 0.300 e. The largest absolute Gasteiger partial charge is 0.373 e. The average Bonchev–Trinajstić information content (AvgIpc) is 2.47. The molecular weight excluding hydrogens is 262 g/mol. The van der Waals surface area contributed by atoms with E-state index < -0.39 is 10.8 Å². The maximum Gasteiger partial charge on any atom is 0.300 e. The van der Waals surface area contributed by atoms with Gasteiger partial charge in [-0.25, -0.2) is 4.98 Å². The molecule has 0 unspecified atom stereocenters. The Balaban J connectivity index is 2.35. The van der Waals surface area contributed by atoms with Gasteiger partial charge in [0.2, 0.25) is 0 Å². The van der Waals surface area contributed by atoms with E-state index in [2.05, 4.69) is 20.6 Å². The van der Waals surface area contributed by atoms with Gasteiger partial charge >= 0.3 is 0 Å². The van der Waals surface area contributed by atoms with Gasteiger partial charge in [0, 0.05) is 31.2 Å². The SMILES string of the molecule is CNc1cc(C(=O)Nc2ccncc2)c([N+](=O)[O-])cn1. The molecule has 0 atom stereocenters. The molecule has 0 bridgehead atoms. The minimum Gasteiger partial charge on any atom is -0.373 e. The maximum absolute atomic E-state index is 12.1. The minimum absolute atomic E-state index is 0.0637. The molecule has 0 radical (unpaired) electrons. The van der Waals surface area contributed by atoms with Crippen LogP contribution in [0.5, 0.6) is 0 Å². The first-order valence-corrected chi connectivity index (χ1v) is 5.65. The highest BCUT2D eigenvalue weighted by Gasteiger charge is 2.21. The zero-order chi connectivity index (χ0) is 14.5. The van der Waals surface area contributed by atoms with E-state index in [4.69, 9.17) is 0 Å². The van der Waals surface area contributed by atoms with Gasteiger partial charge in [-0.3, -0.25) is 19.9 Å². The Morgan fingerprint density at radius 2 is 2.05 bits per heavy atom. The van der Waals surface area contributed by atoms with E-state index >= 15 is 0 Å². The second-order valence-electron chi connectivity index (χ2n) is 3.78. The van der Waals surface area contributed by atoms with Crippen molar-refractivity contribution in [2.45, 2.75) is 0 Å². The predicted octanol–water partition coefficient (Wildman–Crippen LogP) is 1.68. The fraction of sp³-hybridized carbons (Fsp3) is 0.0833. The fourth-order valence-corrected chi connectivity index (χ4v) is 1.55. The number of nitro groups is 1. The van der Waals surface area contributed by atoms with Crippen LogP contribution in [0.1, 0.15) is 10.4 Å². The molecule has 0 spiro atoms. The van der Waals surface area contributed by atoms with Crippen LogP contribution in [-0.2, 0) is 0 Å². The zero-order valence-electron chi connectivity index (χ0n) is 10.5. The molecule has 0 aromatic carbocycles. The molecule has 0 aliphatic heterocycles. The number of rotatable bonds is 4. The topological polar surface area (TPSA) is 110 Å². The summed E-state index contributed by atoms with van der Waals surface area (Å²) >= 11 is 0. The van der Waals surface area contributed by atoms with Gasteiger partial charge in [0.25, 0.3) is 11.6 Å². The van der Waals surface area contributed by atoms with Crippen molar-refractivity contribution in [1.29, 1.82) is 0 Å². The number of hydrogen-bond donors (Lipinski definition) is 2.